The minimum atomic E-state index is 0.364. The second-order valence-corrected chi connectivity index (χ2v) is 8.28. The van der Waals surface area contributed by atoms with Crippen molar-refractivity contribution in [3.8, 4) is 11.1 Å². The van der Waals surface area contributed by atoms with E-state index in [0.29, 0.717) is 21.9 Å². The number of pyridine rings is 1. The summed E-state index contributed by atoms with van der Waals surface area (Å²) < 4.78 is 2.23. The molecule has 0 aliphatic rings. The van der Waals surface area contributed by atoms with E-state index in [4.69, 9.17) is 28.2 Å². The van der Waals surface area contributed by atoms with Gasteiger partial charge in [-0.2, -0.15) is 0 Å². The maximum atomic E-state index is 6.24. The molecule has 0 aliphatic heterocycles. The first-order valence-electron chi connectivity index (χ1n) is 8.92. The number of rotatable bonds is 5. The van der Waals surface area contributed by atoms with Crippen molar-refractivity contribution in [3.05, 3.63) is 58.8 Å². The molecule has 3 aromatic rings. The number of hydrogen-bond acceptors (Lipinski definition) is 1. The lowest BCUT2D eigenvalue weighted by atomic mass is 10.0. The molecule has 3 rings (SSSR count). The minimum Gasteiger partial charge on any atom is -0.332 e. The van der Waals surface area contributed by atoms with E-state index in [1.54, 1.807) is 0 Å². The Morgan fingerprint density at radius 1 is 1.08 bits per heavy atom. The molecule has 0 unspecified atom stereocenters. The van der Waals surface area contributed by atoms with E-state index in [1.165, 1.54) is 0 Å². The van der Waals surface area contributed by atoms with Crippen LogP contribution in [0.3, 0.4) is 0 Å². The van der Waals surface area contributed by atoms with Crippen molar-refractivity contribution < 1.29 is 0 Å². The van der Waals surface area contributed by atoms with E-state index in [9.17, 15) is 0 Å². The van der Waals surface area contributed by atoms with Crippen LogP contribution in [0.25, 0.3) is 27.7 Å². The van der Waals surface area contributed by atoms with Crippen LogP contribution < -0.4 is 0 Å². The summed E-state index contributed by atoms with van der Waals surface area (Å²) in [5.41, 5.74) is 5.16. The zero-order valence-corrected chi connectivity index (χ0v) is 17.2. The van der Waals surface area contributed by atoms with Gasteiger partial charge in [0.1, 0.15) is 5.65 Å². The lowest BCUT2D eigenvalue weighted by molar-refractivity contribution is 0.533. The van der Waals surface area contributed by atoms with Gasteiger partial charge in [-0.05, 0) is 47.2 Å². The van der Waals surface area contributed by atoms with Crippen LogP contribution in [0.15, 0.2) is 43.1 Å². The van der Waals surface area contributed by atoms with Crippen molar-refractivity contribution in [1.29, 1.82) is 0 Å². The number of nitrogens with zero attached hydrogens (tertiary/aromatic N) is 2. The summed E-state index contributed by atoms with van der Waals surface area (Å²) in [6.07, 6.45) is 2.17. The monoisotopic (exact) mass is 386 g/mol. The van der Waals surface area contributed by atoms with E-state index in [-0.39, 0.29) is 0 Å². The number of hydrogen-bond donors (Lipinski definition) is 0. The topological polar surface area (TPSA) is 17.8 Å². The highest BCUT2D eigenvalue weighted by Crippen LogP contribution is 2.35. The molecular formula is C22H24Cl2N2. The molecule has 0 spiro atoms. The highest BCUT2D eigenvalue weighted by molar-refractivity contribution is 6.42. The Labute approximate surface area is 165 Å². The SMILES string of the molecule is C=C(c1ccc2c(-c3ccc(Cl)c(Cl)c3)cn(CC(C)C)c2n1)C(C)C. The molecule has 0 bridgehead atoms. The zero-order chi connectivity index (χ0) is 19.0. The van der Waals surface area contributed by atoms with Crippen LogP contribution in [0.2, 0.25) is 10.0 Å². The molecule has 0 saturated carbocycles. The predicted molar refractivity (Wildman–Crippen MR) is 114 cm³/mol. The van der Waals surface area contributed by atoms with Crippen LogP contribution in [-0.2, 0) is 6.54 Å². The fraction of sp³-hybridized carbons (Fsp3) is 0.318. The van der Waals surface area contributed by atoms with Crippen molar-refractivity contribution >= 4 is 39.8 Å². The van der Waals surface area contributed by atoms with E-state index < -0.39 is 0 Å². The summed E-state index contributed by atoms with van der Waals surface area (Å²) >= 11 is 12.3. The largest absolute Gasteiger partial charge is 0.332 e. The van der Waals surface area contributed by atoms with Gasteiger partial charge in [0.25, 0.3) is 0 Å². The van der Waals surface area contributed by atoms with Crippen LogP contribution >= 0.6 is 23.2 Å². The summed E-state index contributed by atoms with van der Waals surface area (Å²) in [7, 11) is 0. The number of halogens is 2. The number of fused-ring (bicyclic) bond motifs is 1. The summed E-state index contributed by atoms with van der Waals surface area (Å²) in [5, 5.41) is 2.24. The molecule has 136 valence electrons. The lowest BCUT2D eigenvalue weighted by Crippen LogP contribution is -2.04. The van der Waals surface area contributed by atoms with Crippen molar-refractivity contribution in [2.45, 2.75) is 34.2 Å². The Morgan fingerprint density at radius 3 is 2.42 bits per heavy atom. The first-order chi connectivity index (χ1) is 12.3. The normalized spacial score (nSPS) is 11.7. The molecule has 0 fully saturated rings. The molecule has 2 nitrogen and oxygen atoms in total. The Hall–Kier alpha value is -1.77. The van der Waals surface area contributed by atoms with E-state index in [1.807, 2.05) is 18.2 Å². The lowest BCUT2D eigenvalue weighted by Gasteiger charge is -2.11. The quantitative estimate of drug-likeness (QED) is 0.448. The van der Waals surface area contributed by atoms with Gasteiger partial charge in [-0.25, -0.2) is 4.98 Å². The summed E-state index contributed by atoms with van der Waals surface area (Å²) in [6.45, 7) is 13.8. The highest BCUT2D eigenvalue weighted by Gasteiger charge is 2.15. The summed E-state index contributed by atoms with van der Waals surface area (Å²) in [4.78, 5) is 4.94. The van der Waals surface area contributed by atoms with Crippen LogP contribution in [0, 0.1) is 11.8 Å². The molecule has 1 aromatic carbocycles. The Balaban J connectivity index is 2.21. The van der Waals surface area contributed by atoms with Gasteiger partial charge in [-0.15, -0.1) is 0 Å². The summed E-state index contributed by atoms with van der Waals surface area (Å²) in [6, 6.07) is 9.96. The Morgan fingerprint density at radius 2 is 1.81 bits per heavy atom. The average molecular weight is 387 g/mol. The third-order valence-electron chi connectivity index (χ3n) is 4.54. The van der Waals surface area contributed by atoms with Gasteiger partial charge < -0.3 is 4.57 Å². The number of allylic oxidation sites excluding steroid dienone is 1. The van der Waals surface area contributed by atoms with Gasteiger partial charge in [0, 0.05) is 23.7 Å². The first kappa shape index (κ1) is 19.0. The van der Waals surface area contributed by atoms with Crippen LogP contribution in [0.5, 0.6) is 0 Å². The smallest absolute Gasteiger partial charge is 0.141 e. The minimum absolute atomic E-state index is 0.364. The fourth-order valence-corrected chi connectivity index (χ4v) is 3.36. The second-order valence-electron chi connectivity index (χ2n) is 7.47. The van der Waals surface area contributed by atoms with Gasteiger partial charge in [0.15, 0.2) is 0 Å². The molecule has 0 N–H and O–H groups in total. The van der Waals surface area contributed by atoms with Gasteiger partial charge in [0.2, 0.25) is 0 Å². The number of aromatic nitrogens is 2. The van der Waals surface area contributed by atoms with Crippen molar-refractivity contribution in [2.24, 2.45) is 11.8 Å². The molecule has 0 radical (unpaired) electrons. The van der Waals surface area contributed by atoms with Crippen molar-refractivity contribution in [2.75, 3.05) is 0 Å². The van der Waals surface area contributed by atoms with E-state index in [2.05, 4.69) is 57.2 Å². The Bertz CT molecular complexity index is 968. The van der Waals surface area contributed by atoms with Crippen molar-refractivity contribution in [1.82, 2.24) is 9.55 Å². The molecule has 2 heterocycles. The van der Waals surface area contributed by atoms with Gasteiger partial charge in [0.05, 0.1) is 15.7 Å². The average Bonchev–Trinajstić information content (AvgIpc) is 2.94. The molecule has 0 atom stereocenters. The number of benzene rings is 1. The third kappa shape index (κ3) is 3.67. The fourth-order valence-electron chi connectivity index (χ4n) is 3.06. The van der Waals surface area contributed by atoms with E-state index >= 15 is 0 Å². The maximum absolute atomic E-state index is 6.24. The van der Waals surface area contributed by atoms with Crippen LogP contribution in [-0.4, -0.2) is 9.55 Å². The summed E-state index contributed by atoms with van der Waals surface area (Å²) in [5.74, 6) is 0.883. The van der Waals surface area contributed by atoms with Crippen molar-refractivity contribution in [3.63, 3.8) is 0 Å². The molecule has 0 aliphatic carbocycles. The zero-order valence-electron chi connectivity index (χ0n) is 15.7. The van der Waals surface area contributed by atoms with Gasteiger partial charge in [-0.3, -0.25) is 0 Å². The van der Waals surface area contributed by atoms with E-state index in [0.717, 1.165) is 40.0 Å². The molecular weight excluding hydrogens is 363 g/mol. The molecule has 0 saturated heterocycles. The second kappa shape index (κ2) is 7.46. The standard InChI is InChI=1S/C22H24Cl2N2/c1-13(2)11-26-12-18(16-6-8-19(23)20(24)10-16)17-7-9-21(25-22(17)26)15(5)14(3)4/h6-10,12-14H,5,11H2,1-4H3. The van der Waals surface area contributed by atoms with Gasteiger partial charge >= 0.3 is 0 Å². The maximum Gasteiger partial charge on any atom is 0.141 e. The molecule has 0 amide bonds. The van der Waals surface area contributed by atoms with Crippen LogP contribution in [0.1, 0.15) is 33.4 Å². The predicted octanol–water partition coefficient (Wildman–Crippen LogP) is 7.34. The van der Waals surface area contributed by atoms with Gasteiger partial charge in [-0.1, -0.05) is 63.5 Å². The molecule has 2 aromatic heterocycles. The highest BCUT2D eigenvalue weighted by atomic mass is 35.5. The third-order valence-corrected chi connectivity index (χ3v) is 5.28. The first-order valence-corrected chi connectivity index (χ1v) is 9.68. The Kier molecular flexibility index (Phi) is 5.45. The molecule has 4 heteroatoms. The van der Waals surface area contributed by atoms with Crippen LogP contribution in [0.4, 0.5) is 0 Å². The molecule has 26 heavy (non-hydrogen) atoms.